The number of benzene rings is 2. The van der Waals surface area contributed by atoms with E-state index in [1.165, 1.54) is 24.3 Å². The SMILES string of the molecule is Cc1ccc(S(=O)(=O)O)cc1N(C)c1ccc([N+](=O)[O-])cc1. The zero-order valence-electron chi connectivity index (χ0n) is 11.9. The normalized spacial score (nSPS) is 11.2. The van der Waals surface area contributed by atoms with Crippen molar-refractivity contribution < 1.29 is 17.9 Å². The van der Waals surface area contributed by atoms with Gasteiger partial charge in [0.15, 0.2) is 0 Å². The summed E-state index contributed by atoms with van der Waals surface area (Å²) in [7, 11) is -2.59. The molecule has 0 radical (unpaired) electrons. The zero-order valence-corrected chi connectivity index (χ0v) is 12.7. The van der Waals surface area contributed by atoms with Crippen LogP contribution in [0.25, 0.3) is 0 Å². The lowest BCUT2D eigenvalue weighted by Crippen LogP contribution is -2.12. The molecule has 7 nitrogen and oxygen atoms in total. The molecule has 2 rings (SSSR count). The summed E-state index contributed by atoms with van der Waals surface area (Å²) in [6, 6.07) is 10.1. The average Bonchev–Trinajstić information content (AvgIpc) is 2.46. The van der Waals surface area contributed by atoms with Crippen molar-refractivity contribution in [1.82, 2.24) is 0 Å². The van der Waals surface area contributed by atoms with E-state index in [-0.39, 0.29) is 10.6 Å². The Morgan fingerprint density at radius 3 is 2.23 bits per heavy atom. The molecule has 0 spiro atoms. The Morgan fingerprint density at radius 2 is 1.73 bits per heavy atom. The van der Waals surface area contributed by atoms with E-state index < -0.39 is 15.0 Å². The molecule has 2 aromatic rings. The van der Waals surface area contributed by atoms with Gasteiger partial charge in [0.05, 0.1) is 9.82 Å². The Bertz CT molecular complexity index is 816. The molecule has 0 fully saturated rings. The number of anilines is 2. The molecule has 0 atom stereocenters. The molecule has 2 aromatic carbocycles. The van der Waals surface area contributed by atoms with Crippen LogP contribution in [0.4, 0.5) is 17.1 Å². The molecular formula is C14H14N2O5S. The number of aryl methyl sites for hydroxylation is 1. The van der Waals surface area contributed by atoms with Crippen molar-refractivity contribution in [3.63, 3.8) is 0 Å². The summed E-state index contributed by atoms with van der Waals surface area (Å²) in [6.07, 6.45) is 0. The van der Waals surface area contributed by atoms with Crippen molar-refractivity contribution in [3.8, 4) is 0 Å². The molecule has 116 valence electrons. The third kappa shape index (κ3) is 3.23. The maximum absolute atomic E-state index is 11.2. The lowest BCUT2D eigenvalue weighted by atomic mass is 10.1. The van der Waals surface area contributed by atoms with Gasteiger partial charge in [-0.05, 0) is 36.8 Å². The van der Waals surface area contributed by atoms with Crippen LogP contribution < -0.4 is 4.90 Å². The highest BCUT2D eigenvalue weighted by atomic mass is 32.2. The van der Waals surface area contributed by atoms with Crippen molar-refractivity contribution in [2.75, 3.05) is 11.9 Å². The van der Waals surface area contributed by atoms with E-state index in [0.717, 1.165) is 5.56 Å². The maximum atomic E-state index is 11.2. The fourth-order valence-corrected chi connectivity index (χ4v) is 2.55. The van der Waals surface area contributed by atoms with E-state index in [9.17, 15) is 18.5 Å². The minimum Gasteiger partial charge on any atom is -0.344 e. The molecule has 0 aliphatic heterocycles. The summed E-state index contributed by atoms with van der Waals surface area (Å²) in [4.78, 5) is 11.6. The lowest BCUT2D eigenvalue weighted by molar-refractivity contribution is -0.384. The summed E-state index contributed by atoms with van der Waals surface area (Å²) < 4.78 is 31.6. The van der Waals surface area contributed by atoms with Crippen LogP contribution in [0.5, 0.6) is 0 Å². The molecule has 0 heterocycles. The topological polar surface area (TPSA) is 101 Å². The minimum atomic E-state index is -4.29. The number of hydrogen-bond donors (Lipinski definition) is 1. The Hall–Kier alpha value is -2.45. The average molecular weight is 322 g/mol. The molecule has 0 amide bonds. The smallest absolute Gasteiger partial charge is 0.294 e. The molecule has 0 unspecified atom stereocenters. The third-order valence-electron chi connectivity index (χ3n) is 3.29. The Morgan fingerprint density at radius 1 is 1.14 bits per heavy atom. The summed E-state index contributed by atoms with van der Waals surface area (Å²) >= 11 is 0. The van der Waals surface area contributed by atoms with E-state index >= 15 is 0 Å². The molecular weight excluding hydrogens is 308 g/mol. The molecule has 8 heteroatoms. The van der Waals surface area contributed by atoms with Gasteiger partial charge in [-0.3, -0.25) is 14.7 Å². The predicted molar refractivity (Wildman–Crippen MR) is 82.2 cm³/mol. The van der Waals surface area contributed by atoms with Gasteiger partial charge in [-0.1, -0.05) is 6.07 Å². The Kier molecular flexibility index (Phi) is 4.16. The fraction of sp³-hybridized carbons (Fsp3) is 0.143. The largest absolute Gasteiger partial charge is 0.344 e. The van der Waals surface area contributed by atoms with Crippen LogP contribution in [0.1, 0.15) is 5.56 Å². The molecule has 0 saturated heterocycles. The van der Waals surface area contributed by atoms with Gasteiger partial charge in [-0.15, -0.1) is 0 Å². The van der Waals surface area contributed by atoms with E-state index in [0.29, 0.717) is 11.4 Å². The first kappa shape index (κ1) is 15.9. The van der Waals surface area contributed by atoms with E-state index in [4.69, 9.17) is 4.55 Å². The van der Waals surface area contributed by atoms with Crippen molar-refractivity contribution in [2.24, 2.45) is 0 Å². The molecule has 1 N–H and O–H groups in total. The van der Waals surface area contributed by atoms with Gasteiger partial charge in [0.2, 0.25) is 0 Å². The summed E-state index contributed by atoms with van der Waals surface area (Å²) in [5, 5.41) is 10.7. The van der Waals surface area contributed by atoms with Crippen molar-refractivity contribution in [2.45, 2.75) is 11.8 Å². The number of nitro groups is 1. The van der Waals surface area contributed by atoms with Gasteiger partial charge in [0.1, 0.15) is 0 Å². The van der Waals surface area contributed by atoms with E-state index in [1.54, 1.807) is 37.1 Å². The standard InChI is InChI=1S/C14H14N2O5S/c1-10-3-8-13(22(19,20)21)9-14(10)15(2)11-4-6-12(7-5-11)16(17)18/h3-9H,1-2H3,(H,19,20,21). The minimum absolute atomic E-state index is 0.0273. The molecule has 0 aliphatic rings. The Labute approximate surface area is 127 Å². The van der Waals surface area contributed by atoms with Gasteiger partial charge in [-0.2, -0.15) is 8.42 Å². The van der Waals surface area contributed by atoms with Crippen LogP contribution in [0.2, 0.25) is 0 Å². The van der Waals surface area contributed by atoms with Crippen LogP contribution in [-0.2, 0) is 10.1 Å². The van der Waals surface area contributed by atoms with Crippen LogP contribution in [-0.4, -0.2) is 24.9 Å². The highest BCUT2D eigenvalue weighted by molar-refractivity contribution is 7.85. The van der Waals surface area contributed by atoms with Gasteiger partial charge in [0, 0.05) is 30.6 Å². The second kappa shape index (κ2) is 5.74. The predicted octanol–water partition coefficient (Wildman–Crippen LogP) is 2.92. The van der Waals surface area contributed by atoms with Gasteiger partial charge in [0.25, 0.3) is 15.8 Å². The van der Waals surface area contributed by atoms with Gasteiger partial charge in [-0.25, -0.2) is 0 Å². The maximum Gasteiger partial charge on any atom is 0.294 e. The second-order valence-corrected chi connectivity index (χ2v) is 6.18. The quantitative estimate of drug-likeness (QED) is 0.527. The van der Waals surface area contributed by atoms with Crippen molar-refractivity contribution in [3.05, 3.63) is 58.1 Å². The molecule has 0 saturated carbocycles. The summed E-state index contributed by atoms with van der Waals surface area (Å²) in [5.41, 5.74) is 2.00. The highest BCUT2D eigenvalue weighted by Crippen LogP contribution is 2.30. The molecule has 22 heavy (non-hydrogen) atoms. The number of rotatable bonds is 4. The second-order valence-electron chi connectivity index (χ2n) is 4.76. The first-order chi connectivity index (χ1) is 10.2. The van der Waals surface area contributed by atoms with Crippen molar-refractivity contribution in [1.29, 1.82) is 0 Å². The summed E-state index contributed by atoms with van der Waals surface area (Å²) in [5.74, 6) is 0. The monoisotopic (exact) mass is 322 g/mol. The zero-order chi connectivity index (χ0) is 16.5. The highest BCUT2D eigenvalue weighted by Gasteiger charge is 2.15. The van der Waals surface area contributed by atoms with Crippen LogP contribution in [0.3, 0.4) is 0 Å². The fourth-order valence-electron chi connectivity index (χ4n) is 2.05. The molecule has 0 aromatic heterocycles. The Balaban J connectivity index is 2.44. The number of nitrogens with zero attached hydrogens (tertiary/aromatic N) is 2. The van der Waals surface area contributed by atoms with E-state index in [1.807, 2.05) is 0 Å². The number of nitro benzene ring substituents is 1. The van der Waals surface area contributed by atoms with Crippen LogP contribution >= 0.6 is 0 Å². The van der Waals surface area contributed by atoms with Crippen LogP contribution in [0.15, 0.2) is 47.4 Å². The van der Waals surface area contributed by atoms with Crippen molar-refractivity contribution >= 4 is 27.2 Å². The van der Waals surface area contributed by atoms with E-state index in [2.05, 4.69) is 0 Å². The molecule has 0 bridgehead atoms. The number of hydrogen-bond acceptors (Lipinski definition) is 5. The third-order valence-corrected chi connectivity index (χ3v) is 4.14. The first-order valence-electron chi connectivity index (χ1n) is 6.26. The molecule has 0 aliphatic carbocycles. The lowest BCUT2D eigenvalue weighted by Gasteiger charge is -2.22. The first-order valence-corrected chi connectivity index (χ1v) is 7.70. The summed E-state index contributed by atoms with van der Waals surface area (Å²) in [6.45, 7) is 1.80. The number of non-ortho nitro benzene ring substituents is 1. The van der Waals surface area contributed by atoms with Crippen LogP contribution in [0, 0.1) is 17.0 Å². The van der Waals surface area contributed by atoms with Gasteiger partial charge < -0.3 is 4.90 Å². The van der Waals surface area contributed by atoms with Gasteiger partial charge >= 0.3 is 0 Å².